The summed E-state index contributed by atoms with van der Waals surface area (Å²) in [6, 6.07) is 0. The quantitative estimate of drug-likeness (QED) is 0.761. The number of likely N-dealkylation sites (tertiary alicyclic amines) is 1. The van der Waals surface area contributed by atoms with Crippen molar-refractivity contribution in [1.82, 2.24) is 4.90 Å². The second kappa shape index (κ2) is 4.84. The van der Waals surface area contributed by atoms with Gasteiger partial charge in [-0.25, -0.2) is 4.79 Å². The van der Waals surface area contributed by atoms with Crippen molar-refractivity contribution in [3.8, 4) is 0 Å². The summed E-state index contributed by atoms with van der Waals surface area (Å²) in [5, 5.41) is 0. The van der Waals surface area contributed by atoms with Crippen LogP contribution >= 0.6 is 0 Å². The van der Waals surface area contributed by atoms with Crippen LogP contribution in [0.15, 0.2) is 0 Å². The Balaban J connectivity index is 1.70. The average Bonchev–Trinajstić information content (AvgIpc) is 2.90. The Morgan fingerprint density at radius 1 is 1.29 bits per heavy atom. The highest BCUT2D eigenvalue weighted by molar-refractivity contribution is 5.68. The Morgan fingerprint density at radius 3 is 2.59 bits per heavy atom. The molecule has 4 heteroatoms. The van der Waals surface area contributed by atoms with Crippen LogP contribution < -0.4 is 0 Å². The third-order valence-corrected chi connectivity index (χ3v) is 3.06. The van der Waals surface area contributed by atoms with Crippen LogP contribution in [0.4, 0.5) is 4.79 Å². The fourth-order valence-corrected chi connectivity index (χ4v) is 1.91. The topological polar surface area (TPSA) is 38.8 Å². The highest BCUT2D eigenvalue weighted by atomic mass is 16.6. The van der Waals surface area contributed by atoms with Crippen molar-refractivity contribution >= 4 is 6.09 Å². The van der Waals surface area contributed by atoms with Crippen LogP contribution in [0.2, 0.25) is 0 Å². The lowest BCUT2D eigenvalue weighted by Crippen LogP contribution is -2.36. The molecular formula is C13H23NO3. The zero-order valence-electron chi connectivity index (χ0n) is 11.1. The zero-order chi connectivity index (χ0) is 12.5. The van der Waals surface area contributed by atoms with E-state index in [0.717, 1.165) is 25.5 Å². The van der Waals surface area contributed by atoms with E-state index in [4.69, 9.17) is 9.47 Å². The maximum Gasteiger partial charge on any atom is 0.410 e. The van der Waals surface area contributed by atoms with Crippen molar-refractivity contribution in [2.45, 2.75) is 51.7 Å². The van der Waals surface area contributed by atoms with Crippen LogP contribution in [0.1, 0.15) is 40.0 Å². The molecule has 0 bridgehead atoms. The summed E-state index contributed by atoms with van der Waals surface area (Å²) in [7, 11) is 0. The van der Waals surface area contributed by atoms with Crippen molar-refractivity contribution in [1.29, 1.82) is 0 Å². The van der Waals surface area contributed by atoms with Gasteiger partial charge in [-0.2, -0.15) is 0 Å². The number of carbonyl (C=O) groups is 1. The van der Waals surface area contributed by atoms with E-state index in [1.807, 2.05) is 20.8 Å². The Bertz CT molecular complexity index is 281. The molecule has 4 nitrogen and oxygen atoms in total. The molecule has 0 spiro atoms. The van der Waals surface area contributed by atoms with Gasteiger partial charge in [-0.1, -0.05) is 0 Å². The van der Waals surface area contributed by atoms with Gasteiger partial charge in [0.05, 0.1) is 12.6 Å². The molecule has 1 aliphatic carbocycles. The molecule has 17 heavy (non-hydrogen) atoms. The third-order valence-electron chi connectivity index (χ3n) is 3.06. The van der Waals surface area contributed by atoms with E-state index in [9.17, 15) is 4.79 Å². The average molecular weight is 241 g/mol. The van der Waals surface area contributed by atoms with E-state index >= 15 is 0 Å². The van der Waals surface area contributed by atoms with Gasteiger partial charge in [-0.05, 0) is 46.0 Å². The highest BCUT2D eigenvalue weighted by Gasteiger charge is 2.31. The molecule has 2 aliphatic rings. The molecule has 1 saturated carbocycles. The minimum atomic E-state index is -0.413. The molecule has 1 amide bonds. The van der Waals surface area contributed by atoms with E-state index in [1.54, 1.807) is 4.90 Å². The summed E-state index contributed by atoms with van der Waals surface area (Å²) in [5.74, 6) is 0.783. The van der Waals surface area contributed by atoms with Crippen LogP contribution in [0.3, 0.4) is 0 Å². The maximum absolute atomic E-state index is 11.8. The van der Waals surface area contributed by atoms with Gasteiger partial charge in [0.2, 0.25) is 0 Å². The number of carbonyl (C=O) groups excluding carboxylic acids is 1. The Hall–Kier alpha value is -0.770. The lowest BCUT2D eigenvalue weighted by Gasteiger charge is -2.24. The molecule has 0 aromatic carbocycles. The van der Waals surface area contributed by atoms with E-state index in [1.165, 1.54) is 12.8 Å². The van der Waals surface area contributed by atoms with Crippen molar-refractivity contribution in [3.63, 3.8) is 0 Å². The molecule has 98 valence electrons. The van der Waals surface area contributed by atoms with Crippen molar-refractivity contribution in [2.75, 3.05) is 19.7 Å². The first-order valence-corrected chi connectivity index (χ1v) is 6.53. The molecule has 1 aliphatic heterocycles. The normalized spacial score (nSPS) is 25.1. The number of nitrogens with zero attached hydrogens (tertiary/aromatic N) is 1. The predicted molar refractivity (Wildman–Crippen MR) is 64.9 cm³/mol. The molecule has 2 rings (SSSR count). The lowest BCUT2D eigenvalue weighted by molar-refractivity contribution is 0.0198. The Labute approximate surface area is 103 Å². The number of rotatable bonds is 3. The first-order valence-electron chi connectivity index (χ1n) is 6.53. The smallest absolute Gasteiger partial charge is 0.410 e. The summed E-state index contributed by atoms with van der Waals surface area (Å²) in [5.41, 5.74) is -0.413. The standard InChI is InChI=1S/C13H23NO3/c1-13(2,3)17-12(15)14-7-6-11(8-14)16-9-10-4-5-10/h10-11H,4-9H2,1-3H3. The fraction of sp³-hybridized carbons (Fsp3) is 0.923. The van der Waals surface area contributed by atoms with Gasteiger partial charge in [0, 0.05) is 13.2 Å². The first-order chi connectivity index (χ1) is 7.94. The SMILES string of the molecule is CC(C)(C)OC(=O)N1CCC(OCC2CC2)C1. The molecule has 0 aromatic rings. The summed E-state index contributed by atoms with van der Waals surface area (Å²) >= 11 is 0. The first kappa shape index (κ1) is 12.7. The summed E-state index contributed by atoms with van der Waals surface area (Å²) < 4.78 is 11.1. The molecule has 1 saturated heterocycles. The molecule has 2 fully saturated rings. The minimum Gasteiger partial charge on any atom is -0.444 e. The van der Waals surface area contributed by atoms with E-state index < -0.39 is 5.60 Å². The third kappa shape index (κ3) is 4.19. The van der Waals surface area contributed by atoms with Gasteiger partial charge in [0.15, 0.2) is 0 Å². The largest absolute Gasteiger partial charge is 0.444 e. The van der Waals surface area contributed by atoms with Crippen LogP contribution in [-0.4, -0.2) is 42.4 Å². The van der Waals surface area contributed by atoms with Crippen LogP contribution in [0.5, 0.6) is 0 Å². The van der Waals surface area contributed by atoms with Crippen molar-refractivity contribution < 1.29 is 14.3 Å². The van der Waals surface area contributed by atoms with Crippen molar-refractivity contribution in [2.24, 2.45) is 5.92 Å². The second-order valence-electron chi connectivity index (χ2n) is 6.11. The Morgan fingerprint density at radius 2 is 2.00 bits per heavy atom. The molecule has 0 aromatic heterocycles. The van der Waals surface area contributed by atoms with Crippen LogP contribution in [-0.2, 0) is 9.47 Å². The van der Waals surface area contributed by atoms with E-state index in [2.05, 4.69) is 0 Å². The van der Waals surface area contributed by atoms with Gasteiger partial charge in [0.1, 0.15) is 5.60 Å². The molecule has 0 N–H and O–H groups in total. The summed E-state index contributed by atoms with van der Waals surface area (Å²) in [6.45, 7) is 7.98. The van der Waals surface area contributed by atoms with Crippen molar-refractivity contribution in [3.05, 3.63) is 0 Å². The summed E-state index contributed by atoms with van der Waals surface area (Å²) in [4.78, 5) is 13.6. The molecule has 1 unspecified atom stereocenters. The monoisotopic (exact) mass is 241 g/mol. The fourth-order valence-electron chi connectivity index (χ4n) is 1.91. The van der Waals surface area contributed by atoms with Gasteiger partial charge >= 0.3 is 6.09 Å². The van der Waals surface area contributed by atoms with Gasteiger partial charge < -0.3 is 14.4 Å². The number of hydrogen-bond acceptors (Lipinski definition) is 3. The highest BCUT2D eigenvalue weighted by Crippen LogP contribution is 2.30. The van der Waals surface area contributed by atoms with Crippen LogP contribution in [0.25, 0.3) is 0 Å². The van der Waals surface area contributed by atoms with Gasteiger partial charge in [0.25, 0.3) is 0 Å². The number of hydrogen-bond donors (Lipinski definition) is 0. The van der Waals surface area contributed by atoms with Gasteiger partial charge in [-0.15, -0.1) is 0 Å². The molecule has 1 heterocycles. The van der Waals surface area contributed by atoms with Gasteiger partial charge in [-0.3, -0.25) is 0 Å². The summed E-state index contributed by atoms with van der Waals surface area (Å²) in [6.07, 6.45) is 3.55. The molecule has 0 radical (unpaired) electrons. The molecule has 1 atom stereocenters. The second-order valence-corrected chi connectivity index (χ2v) is 6.11. The van der Waals surface area contributed by atoms with Crippen LogP contribution in [0, 0.1) is 5.92 Å². The number of ether oxygens (including phenoxy) is 2. The number of amides is 1. The minimum absolute atomic E-state index is 0.211. The lowest BCUT2D eigenvalue weighted by atomic mass is 10.2. The molecular weight excluding hydrogens is 218 g/mol. The zero-order valence-corrected chi connectivity index (χ0v) is 11.1. The van der Waals surface area contributed by atoms with E-state index in [-0.39, 0.29) is 12.2 Å². The predicted octanol–water partition coefficient (Wildman–Crippen LogP) is 2.42. The Kier molecular flexibility index (Phi) is 3.61. The van der Waals surface area contributed by atoms with E-state index in [0.29, 0.717) is 6.54 Å². The maximum atomic E-state index is 11.8.